The van der Waals surface area contributed by atoms with Crippen molar-refractivity contribution in [2.75, 3.05) is 23.9 Å². The van der Waals surface area contributed by atoms with E-state index < -0.39 is 0 Å². The van der Waals surface area contributed by atoms with Gasteiger partial charge in [-0.05, 0) is 67.1 Å². The zero-order valence-electron chi connectivity index (χ0n) is 21.3. The third-order valence-corrected chi connectivity index (χ3v) is 8.38. The highest BCUT2D eigenvalue weighted by Crippen LogP contribution is 2.52. The summed E-state index contributed by atoms with van der Waals surface area (Å²) < 4.78 is 0. The van der Waals surface area contributed by atoms with E-state index in [2.05, 4.69) is 109 Å². The van der Waals surface area contributed by atoms with E-state index >= 15 is 0 Å². The zero-order chi connectivity index (χ0) is 25.5. The van der Waals surface area contributed by atoms with Crippen LogP contribution in [0, 0.1) is 5.41 Å². The molecule has 0 radical (unpaired) electrons. The van der Waals surface area contributed by atoms with Crippen molar-refractivity contribution < 1.29 is 0 Å². The first-order chi connectivity index (χ1) is 18.6. The molecule has 2 aliphatic carbocycles. The molecule has 0 aliphatic heterocycles. The Bertz CT molecular complexity index is 1840. The van der Waals surface area contributed by atoms with Crippen LogP contribution in [0.1, 0.15) is 0 Å². The Kier molecular flexibility index (Phi) is 4.22. The molecule has 6 aromatic rings. The van der Waals surface area contributed by atoms with Crippen LogP contribution in [0.25, 0.3) is 66.1 Å². The molecule has 0 bridgehead atoms. The maximum absolute atomic E-state index is 9.39. The van der Waals surface area contributed by atoms with Crippen molar-refractivity contribution in [3.05, 3.63) is 109 Å². The first-order valence-electron chi connectivity index (χ1n) is 13.0. The van der Waals surface area contributed by atoms with Crippen molar-refractivity contribution in [3.8, 4) is 44.5 Å². The van der Waals surface area contributed by atoms with Crippen LogP contribution < -0.4 is 9.80 Å². The first kappa shape index (κ1) is 21.2. The largest absolute Gasteiger partial charge is 0.315 e. The van der Waals surface area contributed by atoms with Gasteiger partial charge in [-0.3, -0.25) is 5.41 Å². The van der Waals surface area contributed by atoms with Gasteiger partial charge >= 0.3 is 0 Å². The minimum absolute atomic E-state index is 0.430. The molecule has 38 heavy (non-hydrogen) atoms. The molecule has 0 unspecified atom stereocenters. The summed E-state index contributed by atoms with van der Waals surface area (Å²) in [6.45, 7) is 0. The van der Waals surface area contributed by atoms with Gasteiger partial charge in [0, 0.05) is 25.2 Å². The lowest BCUT2D eigenvalue weighted by Gasteiger charge is -2.31. The third kappa shape index (κ3) is 2.65. The molecule has 0 saturated carbocycles. The number of fused-ring (bicyclic) bond motifs is 6. The summed E-state index contributed by atoms with van der Waals surface area (Å²) in [5.74, 6) is 0.430. The van der Waals surface area contributed by atoms with Crippen LogP contribution >= 0.6 is 0 Å². The molecule has 3 heteroatoms. The lowest BCUT2D eigenvalue weighted by Crippen LogP contribution is -2.40. The molecule has 8 rings (SSSR count). The van der Waals surface area contributed by atoms with E-state index in [-0.39, 0.29) is 0 Å². The highest BCUT2D eigenvalue weighted by atomic mass is 15.3. The van der Waals surface area contributed by atoms with E-state index in [9.17, 15) is 5.41 Å². The Morgan fingerprint density at radius 3 is 1.29 bits per heavy atom. The van der Waals surface area contributed by atoms with Gasteiger partial charge in [0.15, 0.2) is 0 Å². The highest BCUT2D eigenvalue weighted by Gasteiger charge is 2.29. The van der Waals surface area contributed by atoms with Crippen molar-refractivity contribution in [1.82, 2.24) is 0 Å². The molecule has 0 amide bonds. The Morgan fingerprint density at radius 1 is 0.447 bits per heavy atom. The molecule has 0 heterocycles. The summed E-state index contributed by atoms with van der Waals surface area (Å²) in [6, 6.07) is 39.0. The summed E-state index contributed by atoms with van der Waals surface area (Å²) in [6.07, 6.45) is 0. The standard InChI is InChI=1S/C35H25N3/c1-37(29-19-17-21-9-7-15-25-23-11-3-5-13-27(23)33(29)31(21)25)35(36)38(2)30-20-18-22-10-8-16-26-24-12-4-6-14-28(24)34(30)32(22)26/h3-20,36H,1-2H3. The van der Waals surface area contributed by atoms with Gasteiger partial charge in [0.1, 0.15) is 0 Å². The first-order valence-corrected chi connectivity index (χ1v) is 13.0. The molecular formula is C35H25N3. The van der Waals surface area contributed by atoms with Crippen LogP contribution in [-0.4, -0.2) is 20.1 Å². The van der Waals surface area contributed by atoms with Gasteiger partial charge in [0.05, 0.1) is 11.4 Å². The second-order valence-electron chi connectivity index (χ2n) is 10.3. The fourth-order valence-electron chi connectivity index (χ4n) is 6.61. The second kappa shape index (κ2) is 7.56. The molecule has 1 N–H and O–H groups in total. The average molecular weight is 488 g/mol. The summed E-state index contributed by atoms with van der Waals surface area (Å²) in [4.78, 5) is 4.05. The van der Waals surface area contributed by atoms with Crippen LogP contribution in [0.4, 0.5) is 11.4 Å². The van der Waals surface area contributed by atoms with Crippen molar-refractivity contribution in [2.24, 2.45) is 0 Å². The van der Waals surface area contributed by atoms with Crippen molar-refractivity contribution >= 4 is 38.9 Å². The number of rotatable bonds is 2. The van der Waals surface area contributed by atoms with Gasteiger partial charge in [-0.25, -0.2) is 0 Å². The van der Waals surface area contributed by atoms with Gasteiger partial charge in [-0.2, -0.15) is 0 Å². The monoisotopic (exact) mass is 487 g/mol. The minimum atomic E-state index is 0.430. The lowest BCUT2D eigenvalue weighted by molar-refractivity contribution is 1.12. The Balaban J connectivity index is 1.28. The van der Waals surface area contributed by atoms with Crippen LogP contribution in [-0.2, 0) is 0 Å². The van der Waals surface area contributed by atoms with Gasteiger partial charge < -0.3 is 9.80 Å². The quantitative estimate of drug-likeness (QED) is 0.195. The van der Waals surface area contributed by atoms with Crippen LogP contribution in [0.2, 0.25) is 0 Å². The normalized spacial score (nSPS) is 12.1. The molecule has 3 nitrogen and oxygen atoms in total. The maximum atomic E-state index is 9.39. The Hall–Kier alpha value is -4.89. The SMILES string of the molecule is CN(C(=N)N(C)c1ccc2cccc3c2c1-c1ccccc1-3)c1ccc2cccc3c2c1-c1ccccc1-3. The highest BCUT2D eigenvalue weighted by molar-refractivity contribution is 6.23. The topological polar surface area (TPSA) is 30.3 Å². The van der Waals surface area contributed by atoms with E-state index in [0.29, 0.717) is 5.96 Å². The number of hydrogen-bond donors (Lipinski definition) is 1. The Labute approximate surface area is 221 Å². The number of nitrogens with zero attached hydrogens (tertiary/aromatic N) is 2. The van der Waals surface area contributed by atoms with Gasteiger partial charge in [-0.15, -0.1) is 0 Å². The summed E-state index contributed by atoms with van der Waals surface area (Å²) in [7, 11) is 4.03. The molecule has 0 fully saturated rings. The van der Waals surface area contributed by atoms with Gasteiger partial charge in [-0.1, -0.05) is 97.1 Å². The molecule has 0 atom stereocenters. The lowest BCUT2D eigenvalue weighted by atomic mass is 10.00. The van der Waals surface area contributed by atoms with Crippen molar-refractivity contribution in [1.29, 1.82) is 5.41 Å². The van der Waals surface area contributed by atoms with E-state index in [1.807, 2.05) is 23.9 Å². The van der Waals surface area contributed by atoms with E-state index in [1.165, 1.54) is 66.1 Å². The minimum Gasteiger partial charge on any atom is -0.315 e. The second-order valence-corrected chi connectivity index (χ2v) is 10.3. The number of anilines is 2. The number of hydrogen-bond acceptors (Lipinski definition) is 1. The third-order valence-electron chi connectivity index (χ3n) is 8.38. The van der Waals surface area contributed by atoms with E-state index in [1.54, 1.807) is 0 Å². The predicted octanol–water partition coefficient (Wildman–Crippen LogP) is 8.80. The fourth-order valence-corrected chi connectivity index (χ4v) is 6.61. The number of benzene rings is 6. The van der Waals surface area contributed by atoms with E-state index in [4.69, 9.17) is 0 Å². The molecule has 6 aromatic carbocycles. The van der Waals surface area contributed by atoms with Gasteiger partial charge in [0.25, 0.3) is 0 Å². The zero-order valence-corrected chi connectivity index (χ0v) is 21.3. The maximum Gasteiger partial charge on any atom is 0.202 e. The molecule has 0 saturated heterocycles. The molecule has 180 valence electrons. The van der Waals surface area contributed by atoms with Crippen LogP contribution in [0.15, 0.2) is 109 Å². The smallest absolute Gasteiger partial charge is 0.202 e. The molecule has 0 aromatic heterocycles. The fraction of sp³-hybridized carbons (Fsp3) is 0.0571. The summed E-state index contributed by atoms with van der Waals surface area (Å²) in [5.41, 5.74) is 12.1. The van der Waals surface area contributed by atoms with E-state index in [0.717, 1.165) is 11.4 Å². The average Bonchev–Trinajstić information content (AvgIpc) is 3.49. The predicted molar refractivity (Wildman–Crippen MR) is 161 cm³/mol. The van der Waals surface area contributed by atoms with Crippen LogP contribution in [0.5, 0.6) is 0 Å². The molecule has 0 spiro atoms. The summed E-state index contributed by atoms with van der Waals surface area (Å²) in [5, 5.41) is 14.4. The van der Waals surface area contributed by atoms with Crippen LogP contribution in [0.3, 0.4) is 0 Å². The number of guanidine groups is 1. The van der Waals surface area contributed by atoms with Gasteiger partial charge in [0.2, 0.25) is 5.96 Å². The Morgan fingerprint density at radius 2 is 0.842 bits per heavy atom. The summed E-state index contributed by atoms with van der Waals surface area (Å²) >= 11 is 0. The van der Waals surface area contributed by atoms with Crippen molar-refractivity contribution in [2.45, 2.75) is 0 Å². The molecular weight excluding hydrogens is 462 g/mol. The van der Waals surface area contributed by atoms with Crippen molar-refractivity contribution in [3.63, 3.8) is 0 Å². The number of nitrogens with one attached hydrogen (secondary N) is 1. The molecule has 2 aliphatic rings.